The zero-order chi connectivity index (χ0) is 20.1. The van der Waals surface area contributed by atoms with Crippen LogP contribution in [0.15, 0.2) is 78.9 Å². The number of amides is 1. The summed E-state index contributed by atoms with van der Waals surface area (Å²) >= 11 is 6.17. The Morgan fingerprint density at radius 3 is 2.48 bits per heavy atom. The minimum absolute atomic E-state index is 0.0445. The highest BCUT2D eigenvalue weighted by molar-refractivity contribution is 6.33. The van der Waals surface area contributed by atoms with Gasteiger partial charge >= 0.3 is 0 Å². The second-order valence-corrected chi connectivity index (χ2v) is 6.90. The molecule has 0 saturated carbocycles. The van der Waals surface area contributed by atoms with Crippen molar-refractivity contribution in [3.05, 3.63) is 95.0 Å². The third-order valence-corrected chi connectivity index (χ3v) is 4.71. The monoisotopic (exact) mass is 403 g/mol. The molecule has 0 aliphatic rings. The van der Waals surface area contributed by atoms with Crippen molar-refractivity contribution in [1.82, 2.24) is 20.2 Å². The molecule has 0 fully saturated rings. The number of carbonyl (C=O) groups excluding carboxylic acids is 1. The maximum absolute atomic E-state index is 12.5. The van der Waals surface area contributed by atoms with Gasteiger partial charge in [-0.1, -0.05) is 72.3 Å². The molecule has 4 rings (SSSR count). The molecule has 1 aromatic heterocycles. The van der Waals surface area contributed by atoms with Crippen molar-refractivity contribution in [2.75, 3.05) is 5.32 Å². The number of nitrogens with zero attached hydrogens (tertiary/aromatic N) is 4. The van der Waals surface area contributed by atoms with Crippen LogP contribution < -0.4 is 5.32 Å². The fraction of sp³-hybridized carbons (Fsp3) is 0.0909. The maximum atomic E-state index is 12.5. The highest BCUT2D eigenvalue weighted by Gasteiger charge is 2.13. The fourth-order valence-electron chi connectivity index (χ4n) is 2.99. The molecule has 0 spiro atoms. The van der Waals surface area contributed by atoms with Gasteiger partial charge in [-0.05, 0) is 41.0 Å². The van der Waals surface area contributed by atoms with E-state index in [0.29, 0.717) is 16.4 Å². The van der Waals surface area contributed by atoms with Gasteiger partial charge in [0.15, 0.2) is 0 Å². The van der Waals surface area contributed by atoms with Crippen LogP contribution in [0.3, 0.4) is 0 Å². The summed E-state index contributed by atoms with van der Waals surface area (Å²) in [6.45, 7) is -0.0445. The van der Waals surface area contributed by atoms with E-state index in [2.05, 4.69) is 32.9 Å². The maximum Gasteiger partial charge on any atom is 0.248 e. The minimum atomic E-state index is -0.228. The Hall–Kier alpha value is -3.51. The number of hydrogen-bond acceptors (Lipinski definition) is 4. The highest BCUT2D eigenvalue weighted by atomic mass is 35.5. The topological polar surface area (TPSA) is 72.7 Å². The van der Waals surface area contributed by atoms with Gasteiger partial charge in [-0.15, -0.1) is 10.2 Å². The summed E-state index contributed by atoms with van der Waals surface area (Å²) in [4.78, 5) is 13.8. The van der Waals surface area contributed by atoms with E-state index in [0.717, 1.165) is 17.7 Å². The molecule has 0 radical (unpaired) electrons. The third-order valence-electron chi connectivity index (χ3n) is 4.38. The second-order valence-electron chi connectivity index (χ2n) is 6.49. The first-order valence-electron chi connectivity index (χ1n) is 9.13. The van der Waals surface area contributed by atoms with Gasteiger partial charge < -0.3 is 5.32 Å². The number of para-hydroxylation sites is 1. The van der Waals surface area contributed by atoms with Crippen molar-refractivity contribution in [1.29, 1.82) is 0 Å². The number of anilines is 1. The largest absolute Gasteiger partial charge is 0.324 e. The molecule has 3 aromatic carbocycles. The minimum Gasteiger partial charge on any atom is -0.324 e. The summed E-state index contributed by atoms with van der Waals surface area (Å²) in [6, 6.07) is 25.1. The lowest BCUT2D eigenvalue weighted by molar-refractivity contribution is -0.117. The molecular weight excluding hydrogens is 386 g/mol. The van der Waals surface area contributed by atoms with E-state index in [1.54, 1.807) is 6.07 Å². The molecule has 7 heteroatoms. The number of tetrazole rings is 1. The molecule has 0 atom stereocenters. The Labute approximate surface area is 173 Å². The Balaban J connectivity index is 1.45. The van der Waals surface area contributed by atoms with Crippen LogP contribution in [0, 0.1) is 0 Å². The van der Waals surface area contributed by atoms with Crippen LogP contribution >= 0.6 is 11.6 Å². The van der Waals surface area contributed by atoms with Crippen LogP contribution in [-0.4, -0.2) is 26.1 Å². The molecule has 6 nitrogen and oxygen atoms in total. The molecular formula is C22H18ClN5O. The first kappa shape index (κ1) is 18.8. The van der Waals surface area contributed by atoms with Crippen molar-refractivity contribution < 1.29 is 4.79 Å². The third kappa shape index (κ3) is 4.67. The van der Waals surface area contributed by atoms with E-state index in [4.69, 9.17) is 11.6 Å². The number of nitrogens with one attached hydrogen (secondary N) is 1. The Morgan fingerprint density at radius 2 is 1.66 bits per heavy atom. The molecule has 4 aromatic rings. The zero-order valence-corrected chi connectivity index (χ0v) is 16.3. The van der Waals surface area contributed by atoms with Crippen molar-refractivity contribution in [3.8, 4) is 11.4 Å². The first-order valence-corrected chi connectivity index (χ1v) is 9.51. The lowest BCUT2D eigenvalue weighted by atomic mass is 10.0. The van der Waals surface area contributed by atoms with Gasteiger partial charge in [0.25, 0.3) is 0 Å². The van der Waals surface area contributed by atoms with Crippen LogP contribution in [0.4, 0.5) is 5.69 Å². The van der Waals surface area contributed by atoms with Gasteiger partial charge in [-0.3, -0.25) is 4.79 Å². The van der Waals surface area contributed by atoms with E-state index in [1.165, 1.54) is 10.4 Å². The predicted octanol–water partition coefficient (Wildman–Crippen LogP) is 4.22. The molecule has 0 aliphatic carbocycles. The summed E-state index contributed by atoms with van der Waals surface area (Å²) in [7, 11) is 0. The quantitative estimate of drug-likeness (QED) is 0.523. The number of halogens is 1. The number of hydrogen-bond donors (Lipinski definition) is 1. The van der Waals surface area contributed by atoms with E-state index < -0.39 is 0 Å². The smallest absolute Gasteiger partial charge is 0.248 e. The van der Waals surface area contributed by atoms with Gasteiger partial charge in [-0.25, -0.2) is 0 Å². The van der Waals surface area contributed by atoms with Crippen LogP contribution in [0.25, 0.3) is 11.4 Å². The fourth-order valence-corrected chi connectivity index (χ4v) is 3.21. The molecule has 1 heterocycles. The summed E-state index contributed by atoms with van der Waals surface area (Å²) < 4.78 is 0. The van der Waals surface area contributed by atoms with Gasteiger partial charge in [0, 0.05) is 11.3 Å². The number of benzene rings is 3. The van der Waals surface area contributed by atoms with Gasteiger partial charge in [0.2, 0.25) is 11.7 Å². The number of rotatable bonds is 6. The van der Waals surface area contributed by atoms with Gasteiger partial charge in [0.1, 0.15) is 6.54 Å². The average Bonchev–Trinajstić information content (AvgIpc) is 3.18. The van der Waals surface area contributed by atoms with Gasteiger partial charge in [0.05, 0.1) is 5.02 Å². The van der Waals surface area contributed by atoms with Crippen molar-refractivity contribution in [3.63, 3.8) is 0 Å². The molecule has 0 aliphatic heterocycles. The normalized spacial score (nSPS) is 10.7. The van der Waals surface area contributed by atoms with E-state index in [-0.39, 0.29) is 12.5 Å². The Bertz CT molecular complexity index is 1130. The molecule has 0 saturated heterocycles. The summed E-state index contributed by atoms with van der Waals surface area (Å²) in [5.74, 6) is 0.154. The average molecular weight is 404 g/mol. The standard InChI is InChI=1S/C22H18ClN5O/c23-19-12-6-5-11-18(19)22-25-27-28(26-22)15-21(29)24-20-13-7-4-10-17(20)14-16-8-2-1-3-9-16/h1-13H,14-15H2,(H,24,29). The summed E-state index contributed by atoms with van der Waals surface area (Å²) in [5.41, 5.74) is 3.66. The van der Waals surface area contributed by atoms with Crippen molar-refractivity contribution >= 4 is 23.2 Å². The van der Waals surface area contributed by atoms with Crippen molar-refractivity contribution in [2.45, 2.75) is 13.0 Å². The molecule has 29 heavy (non-hydrogen) atoms. The zero-order valence-electron chi connectivity index (χ0n) is 15.5. The van der Waals surface area contributed by atoms with Crippen LogP contribution in [0.1, 0.15) is 11.1 Å². The van der Waals surface area contributed by atoms with Crippen LogP contribution in [-0.2, 0) is 17.8 Å². The Kier molecular flexibility index (Phi) is 5.63. The lowest BCUT2D eigenvalue weighted by Crippen LogP contribution is -2.21. The van der Waals surface area contributed by atoms with Crippen LogP contribution in [0.2, 0.25) is 5.02 Å². The predicted molar refractivity (Wildman–Crippen MR) is 113 cm³/mol. The number of aromatic nitrogens is 4. The van der Waals surface area contributed by atoms with E-state index in [9.17, 15) is 4.79 Å². The molecule has 1 amide bonds. The SMILES string of the molecule is O=C(Cn1nnc(-c2ccccc2Cl)n1)Nc1ccccc1Cc1ccccc1. The number of carbonyl (C=O) groups is 1. The van der Waals surface area contributed by atoms with Crippen molar-refractivity contribution in [2.24, 2.45) is 0 Å². The highest BCUT2D eigenvalue weighted by Crippen LogP contribution is 2.23. The molecule has 0 unspecified atom stereocenters. The van der Waals surface area contributed by atoms with E-state index >= 15 is 0 Å². The lowest BCUT2D eigenvalue weighted by Gasteiger charge is -2.11. The second kappa shape index (κ2) is 8.67. The summed E-state index contributed by atoms with van der Waals surface area (Å²) in [5, 5.41) is 15.7. The Morgan fingerprint density at radius 1 is 0.931 bits per heavy atom. The molecule has 144 valence electrons. The summed E-state index contributed by atoms with van der Waals surface area (Å²) in [6.07, 6.45) is 0.732. The van der Waals surface area contributed by atoms with Crippen LogP contribution in [0.5, 0.6) is 0 Å². The van der Waals surface area contributed by atoms with Gasteiger partial charge in [-0.2, -0.15) is 4.80 Å². The first-order chi connectivity index (χ1) is 14.2. The molecule has 0 bridgehead atoms. The van der Waals surface area contributed by atoms with E-state index in [1.807, 2.05) is 60.7 Å². The molecule has 1 N–H and O–H groups in total.